The Balaban J connectivity index is 2.10. The molecular formula is C14H21N3O. The zero-order chi connectivity index (χ0) is 13.1. The van der Waals surface area contributed by atoms with Gasteiger partial charge in [-0.3, -0.25) is 0 Å². The maximum absolute atomic E-state index is 5.63. The zero-order valence-corrected chi connectivity index (χ0v) is 11.3. The first-order valence-corrected chi connectivity index (χ1v) is 6.38. The van der Waals surface area contributed by atoms with Crippen LogP contribution in [0.5, 0.6) is 0 Å². The van der Waals surface area contributed by atoms with Gasteiger partial charge < -0.3 is 15.1 Å². The van der Waals surface area contributed by atoms with Crippen molar-refractivity contribution in [3.05, 3.63) is 24.1 Å². The summed E-state index contributed by atoms with van der Waals surface area (Å²) in [7, 11) is 2.09. The number of nitrogens with zero attached hydrogens (tertiary/aromatic N) is 2. The number of fused-ring (bicyclic) bond motifs is 1. The molecule has 1 aromatic carbocycles. The van der Waals surface area contributed by atoms with Crippen molar-refractivity contribution >= 4 is 16.8 Å². The molecular weight excluding hydrogens is 226 g/mol. The van der Waals surface area contributed by atoms with Crippen LogP contribution in [0.4, 0.5) is 5.69 Å². The average molecular weight is 247 g/mol. The van der Waals surface area contributed by atoms with Crippen LogP contribution >= 0.6 is 0 Å². The number of nitrogens with two attached hydrogens (primary N) is 1. The standard InChI is InChI=1S/C14H21N3O/c1-10(9-15)6-7-17(3)12-4-5-14-13(8-12)16-11(2)18-14/h4-5,8,10H,6-7,9,15H2,1-3H3. The topological polar surface area (TPSA) is 55.3 Å². The third-order valence-corrected chi connectivity index (χ3v) is 3.28. The summed E-state index contributed by atoms with van der Waals surface area (Å²) in [5, 5.41) is 0. The maximum Gasteiger partial charge on any atom is 0.192 e. The molecule has 0 fully saturated rings. The second-order valence-corrected chi connectivity index (χ2v) is 4.94. The Bertz CT molecular complexity index is 521. The third kappa shape index (κ3) is 2.82. The van der Waals surface area contributed by atoms with Crippen LogP contribution in [-0.2, 0) is 0 Å². The Kier molecular flexibility index (Phi) is 3.87. The molecule has 4 heteroatoms. The highest BCUT2D eigenvalue weighted by Crippen LogP contribution is 2.22. The van der Waals surface area contributed by atoms with Gasteiger partial charge in [0.05, 0.1) is 0 Å². The average Bonchev–Trinajstić information content (AvgIpc) is 2.74. The van der Waals surface area contributed by atoms with Gasteiger partial charge in [-0.15, -0.1) is 0 Å². The summed E-state index contributed by atoms with van der Waals surface area (Å²) < 4.78 is 5.47. The highest BCUT2D eigenvalue weighted by molar-refractivity contribution is 5.77. The Morgan fingerprint density at radius 1 is 1.44 bits per heavy atom. The van der Waals surface area contributed by atoms with Crippen molar-refractivity contribution in [3.63, 3.8) is 0 Å². The van der Waals surface area contributed by atoms with E-state index < -0.39 is 0 Å². The number of oxazole rings is 1. The number of aryl methyl sites for hydroxylation is 1. The molecule has 0 spiro atoms. The summed E-state index contributed by atoms with van der Waals surface area (Å²) in [6, 6.07) is 6.12. The van der Waals surface area contributed by atoms with Crippen LogP contribution in [-0.4, -0.2) is 25.1 Å². The van der Waals surface area contributed by atoms with Gasteiger partial charge >= 0.3 is 0 Å². The second kappa shape index (κ2) is 5.40. The second-order valence-electron chi connectivity index (χ2n) is 4.94. The predicted molar refractivity (Wildman–Crippen MR) is 74.9 cm³/mol. The van der Waals surface area contributed by atoms with Crippen molar-refractivity contribution in [2.75, 3.05) is 25.0 Å². The lowest BCUT2D eigenvalue weighted by Gasteiger charge is -2.20. The summed E-state index contributed by atoms with van der Waals surface area (Å²) >= 11 is 0. The molecule has 98 valence electrons. The fourth-order valence-electron chi connectivity index (χ4n) is 1.93. The van der Waals surface area contributed by atoms with Crippen LogP contribution in [0.25, 0.3) is 11.1 Å². The van der Waals surface area contributed by atoms with E-state index in [0.29, 0.717) is 11.8 Å². The van der Waals surface area contributed by atoms with Crippen molar-refractivity contribution in [3.8, 4) is 0 Å². The van der Waals surface area contributed by atoms with Gasteiger partial charge in [-0.2, -0.15) is 0 Å². The molecule has 18 heavy (non-hydrogen) atoms. The van der Waals surface area contributed by atoms with E-state index in [1.807, 2.05) is 13.0 Å². The third-order valence-electron chi connectivity index (χ3n) is 3.28. The number of rotatable bonds is 5. The number of aromatic nitrogens is 1. The molecule has 0 saturated carbocycles. The van der Waals surface area contributed by atoms with Crippen molar-refractivity contribution in [2.24, 2.45) is 11.7 Å². The largest absolute Gasteiger partial charge is 0.441 e. The van der Waals surface area contributed by atoms with Gasteiger partial charge in [0.15, 0.2) is 11.5 Å². The van der Waals surface area contributed by atoms with E-state index in [2.05, 4.69) is 36.0 Å². The molecule has 0 saturated heterocycles. The first kappa shape index (κ1) is 12.9. The molecule has 1 atom stereocenters. The van der Waals surface area contributed by atoms with Gasteiger partial charge in [-0.25, -0.2) is 4.98 Å². The van der Waals surface area contributed by atoms with E-state index in [1.165, 1.54) is 5.69 Å². The van der Waals surface area contributed by atoms with Gasteiger partial charge in [-0.1, -0.05) is 6.92 Å². The van der Waals surface area contributed by atoms with E-state index in [9.17, 15) is 0 Å². The minimum Gasteiger partial charge on any atom is -0.441 e. The zero-order valence-electron chi connectivity index (χ0n) is 11.3. The Morgan fingerprint density at radius 3 is 2.94 bits per heavy atom. The summed E-state index contributed by atoms with van der Waals surface area (Å²) in [5.41, 5.74) is 8.57. The molecule has 0 amide bonds. The molecule has 2 rings (SSSR count). The van der Waals surface area contributed by atoms with E-state index in [4.69, 9.17) is 10.2 Å². The molecule has 2 aromatic rings. The SMILES string of the molecule is Cc1nc2cc(N(C)CCC(C)CN)ccc2o1. The minimum absolute atomic E-state index is 0.561. The number of anilines is 1. The van der Waals surface area contributed by atoms with Crippen LogP contribution in [0.3, 0.4) is 0 Å². The Labute approximate surface area is 108 Å². The predicted octanol–water partition coefficient (Wildman–Crippen LogP) is 2.56. The summed E-state index contributed by atoms with van der Waals surface area (Å²) in [4.78, 5) is 6.59. The van der Waals surface area contributed by atoms with Crippen molar-refractivity contribution < 1.29 is 4.42 Å². The molecule has 1 unspecified atom stereocenters. The van der Waals surface area contributed by atoms with Crippen molar-refractivity contribution in [1.82, 2.24) is 4.98 Å². The lowest BCUT2D eigenvalue weighted by Crippen LogP contribution is -2.22. The van der Waals surface area contributed by atoms with Crippen molar-refractivity contribution in [2.45, 2.75) is 20.3 Å². The molecule has 4 nitrogen and oxygen atoms in total. The van der Waals surface area contributed by atoms with Crippen LogP contribution in [0, 0.1) is 12.8 Å². The van der Waals surface area contributed by atoms with Crippen LogP contribution in [0.1, 0.15) is 19.2 Å². The van der Waals surface area contributed by atoms with Gasteiger partial charge in [0.1, 0.15) is 5.52 Å². The van der Waals surface area contributed by atoms with Crippen molar-refractivity contribution in [1.29, 1.82) is 0 Å². The summed E-state index contributed by atoms with van der Waals surface area (Å²) in [6.07, 6.45) is 1.10. The van der Waals surface area contributed by atoms with Gasteiger partial charge in [0.2, 0.25) is 0 Å². The summed E-state index contributed by atoms with van der Waals surface area (Å²) in [6.45, 7) is 5.79. The van der Waals surface area contributed by atoms with E-state index in [0.717, 1.165) is 30.6 Å². The van der Waals surface area contributed by atoms with Crippen LogP contribution in [0.2, 0.25) is 0 Å². The highest BCUT2D eigenvalue weighted by atomic mass is 16.3. The molecule has 2 N–H and O–H groups in total. The fourth-order valence-corrected chi connectivity index (χ4v) is 1.93. The monoisotopic (exact) mass is 247 g/mol. The van der Waals surface area contributed by atoms with Crippen LogP contribution in [0.15, 0.2) is 22.6 Å². The van der Waals surface area contributed by atoms with Gasteiger partial charge in [0.25, 0.3) is 0 Å². The van der Waals surface area contributed by atoms with Gasteiger partial charge in [-0.05, 0) is 37.1 Å². The van der Waals surface area contributed by atoms with E-state index in [1.54, 1.807) is 0 Å². The smallest absolute Gasteiger partial charge is 0.192 e. The quantitative estimate of drug-likeness (QED) is 0.882. The molecule has 0 bridgehead atoms. The number of hydrogen-bond donors (Lipinski definition) is 1. The molecule has 0 aliphatic heterocycles. The Morgan fingerprint density at radius 2 is 2.22 bits per heavy atom. The van der Waals surface area contributed by atoms with E-state index >= 15 is 0 Å². The molecule has 0 aliphatic rings. The lowest BCUT2D eigenvalue weighted by atomic mass is 10.1. The number of benzene rings is 1. The highest BCUT2D eigenvalue weighted by Gasteiger charge is 2.07. The number of hydrogen-bond acceptors (Lipinski definition) is 4. The van der Waals surface area contributed by atoms with Crippen LogP contribution < -0.4 is 10.6 Å². The summed E-state index contributed by atoms with van der Waals surface area (Å²) in [5.74, 6) is 1.27. The molecule has 1 heterocycles. The Hall–Kier alpha value is -1.55. The first-order valence-electron chi connectivity index (χ1n) is 6.38. The molecule has 1 aromatic heterocycles. The molecule has 0 aliphatic carbocycles. The first-order chi connectivity index (χ1) is 8.60. The lowest BCUT2D eigenvalue weighted by molar-refractivity contribution is 0.545. The fraction of sp³-hybridized carbons (Fsp3) is 0.500. The molecule has 0 radical (unpaired) electrons. The minimum atomic E-state index is 0.561. The van der Waals surface area contributed by atoms with Gasteiger partial charge in [0, 0.05) is 26.2 Å². The maximum atomic E-state index is 5.63. The normalized spacial score (nSPS) is 12.9. The van der Waals surface area contributed by atoms with E-state index in [-0.39, 0.29) is 0 Å².